The van der Waals surface area contributed by atoms with Crippen LogP contribution in [0.3, 0.4) is 0 Å². The standard InChI is InChI=1S/C20H13BrN2O2/c21-15-7-2-4-9-17(15)23-20(24)14-12-18(19-10-5-11-25-19)22-16-8-3-1-6-13(14)16/h1-12H,(H,23,24). The van der Waals surface area contributed by atoms with E-state index in [2.05, 4.69) is 26.2 Å². The lowest BCUT2D eigenvalue weighted by Gasteiger charge is -2.10. The Morgan fingerprint density at radius 3 is 2.60 bits per heavy atom. The van der Waals surface area contributed by atoms with Gasteiger partial charge in [0, 0.05) is 9.86 Å². The third-order valence-electron chi connectivity index (χ3n) is 3.86. The van der Waals surface area contributed by atoms with Gasteiger partial charge in [-0.05, 0) is 52.3 Å². The minimum absolute atomic E-state index is 0.196. The van der Waals surface area contributed by atoms with Crippen LogP contribution in [0.2, 0.25) is 0 Å². The number of pyridine rings is 1. The Morgan fingerprint density at radius 2 is 1.80 bits per heavy atom. The average molecular weight is 393 g/mol. The van der Waals surface area contributed by atoms with Crippen molar-refractivity contribution >= 4 is 38.4 Å². The van der Waals surface area contributed by atoms with Gasteiger partial charge in [0.05, 0.1) is 23.0 Å². The molecule has 0 spiro atoms. The number of carbonyl (C=O) groups is 1. The van der Waals surface area contributed by atoms with Crippen LogP contribution in [0.4, 0.5) is 5.69 Å². The largest absolute Gasteiger partial charge is 0.463 e. The zero-order valence-corrected chi connectivity index (χ0v) is 14.7. The normalized spacial score (nSPS) is 10.8. The van der Waals surface area contributed by atoms with Crippen LogP contribution in [0.25, 0.3) is 22.4 Å². The highest BCUT2D eigenvalue weighted by Crippen LogP contribution is 2.27. The molecule has 0 aliphatic carbocycles. The molecule has 0 aliphatic heterocycles. The molecule has 0 radical (unpaired) electrons. The van der Waals surface area contributed by atoms with Crippen LogP contribution in [0, 0.1) is 0 Å². The van der Waals surface area contributed by atoms with Gasteiger partial charge in [0.15, 0.2) is 5.76 Å². The second kappa shape index (κ2) is 6.53. The molecule has 1 amide bonds. The molecule has 2 aromatic carbocycles. The summed E-state index contributed by atoms with van der Waals surface area (Å²) in [6, 6.07) is 20.5. The van der Waals surface area contributed by atoms with E-state index < -0.39 is 0 Å². The number of aromatic nitrogens is 1. The zero-order chi connectivity index (χ0) is 17.2. The molecule has 0 atom stereocenters. The summed E-state index contributed by atoms with van der Waals surface area (Å²) in [7, 11) is 0. The topological polar surface area (TPSA) is 55.1 Å². The van der Waals surface area contributed by atoms with Gasteiger partial charge in [-0.15, -0.1) is 0 Å². The number of benzene rings is 2. The van der Waals surface area contributed by atoms with E-state index in [0.717, 1.165) is 15.4 Å². The molecule has 122 valence electrons. The van der Waals surface area contributed by atoms with Crippen molar-refractivity contribution < 1.29 is 9.21 Å². The minimum atomic E-state index is -0.196. The molecular formula is C20H13BrN2O2. The van der Waals surface area contributed by atoms with Gasteiger partial charge in [-0.25, -0.2) is 4.98 Å². The predicted octanol–water partition coefficient (Wildman–Crippen LogP) is 5.51. The molecule has 1 N–H and O–H groups in total. The Hall–Kier alpha value is -2.92. The fourth-order valence-electron chi connectivity index (χ4n) is 2.67. The number of furan rings is 1. The summed E-state index contributed by atoms with van der Waals surface area (Å²) >= 11 is 3.45. The molecule has 25 heavy (non-hydrogen) atoms. The Morgan fingerprint density at radius 1 is 1.00 bits per heavy atom. The number of fused-ring (bicyclic) bond motifs is 1. The minimum Gasteiger partial charge on any atom is -0.463 e. The summed E-state index contributed by atoms with van der Waals surface area (Å²) in [6.07, 6.45) is 1.59. The van der Waals surface area contributed by atoms with Crippen molar-refractivity contribution in [3.05, 3.63) is 83.0 Å². The van der Waals surface area contributed by atoms with E-state index in [1.54, 1.807) is 18.4 Å². The molecule has 0 saturated heterocycles. The van der Waals surface area contributed by atoms with Crippen LogP contribution in [-0.2, 0) is 0 Å². The maximum Gasteiger partial charge on any atom is 0.256 e. The summed E-state index contributed by atoms with van der Waals surface area (Å²) in [5.41, 5.74) is 2.63. The first-order chi connectivity index (χ1) is 12.2. The van der Waals surface area contributed by atoms with E-state index in [-0.39, 0.29) is 5.91 Å². The van der Waals surface area contributed by atoms with Crippen molar-refractivity contribution in [3.63, 3.8) is 0 Å². The van der Waals surface area contributed by atoms with Crippen molar-refractivity contribution in [1.82, 2.24) is 4.98 Å². The molecule has 0 bridgehead atoms. The average Bonchev–Trinajstić information content (AvgIpc) is 3.17. The maximum absolute atomic E-state index is 12.9. The van der Waals surface area contributed by atoms with Crippen LogP contribution >= 0.6 is 15.9 Å². The molecule has 5 heteroatoms. The van der Waals surface area contributed by atoms with Crippen molar-refractivity contribution in [3.8, 4) is 11.5 Å². The lowest BCUT2D eigenvalue weighted by Crippen LogP contribution is -2.13. The van der Waals surface area contributed by atoms with E-state index in [0.29, 0.717) is 22.7 Å². The molecule has 2 aromatic heterocycles. The molecule has 0 fully saturated rings. The second-order valence-electron chi connectivity index (χ2n) is 5.48. The number of nitrogens with zero attached hydrogens (tertiary/aromatic N) is 1. The second-order valence-corrected chi connectivity index (χ2v) is 6.34. The van der Waals surface area contributed by atoms with Crippen LogP contribution in [0.15, 0.2) is 81.9 Å². The number of nitrogens with one attached hydrogen (secondary N) is 1. The third kappa shape index (κ3) is 3.06. The molecule has 0 unspecified atom stereocenters. The van der Waals surface area contributed by atoms with Crippen molar-refractivity contribution in [2.75, 3.05) is 5.32 Å². The smallest absolute Gasteiger partial charge is 0.256 e. The van der Waals surface area contributed by atoms with Gasteiger partial charge in [-0.3, -0.25) is 4.79 Å². The summed E-state index contributed by atoms with van der Waals surface area (Å²) in [5.74, 6) is 0.430. The lowest BCUT2D eigenvalue weighted by molar-refractivity contribution is 0.102. The van der Waals surface area contributed by atoms with E-state index >= 15 is 0 Å². The summed E-state index contributed by atoms with van der Waals surface area (Å²) in [4.78, 5) is 17.5. The number of amides is 1. The number of anilines is 1. The lowest BCUT2D eigenvalue weighted by atomic mass is 10.1. The van der Waals surface area contributed by atoms with Gasteiger partial charge >= 0.3 is 0 Å². The molecule has 4 rings (SSSR count). The number of para-hydroxylation sites is 2. The fraction of sp³-hybridized carbons (Fsp3) is 0. The van der Waals surface area contributed by atoms with Gasteiger partial charge in [0.25, 0.3) is 5.91 Å². The number of carbonyl (C=O) groups excluding carboxylic acids is 1. The number of hydrogen-bond acceptors (Lipinski definition) is 3. The van der Waals surface area contributed by atoms with Crippen molar-refractivity contribution in [2.24, 2.45) is 0 Å². The molecule has 4 nitrogen and oxygen atoms in total. The highest BCUT2D eigenvalue weighted by atomic mass is 79.9. The quantitative estimate of drug-likeness (QED) is 0.499. The Bertz CT molecular complexity index is 1060. The molecule has 0 saturated carbocycles. The van der Waals surface area contributed by atoms with Crippen LogP contribution in [0.1, 0.15) is 10.4 Å². The SMILES string of the molecule is O=C(Nc1ccccc1Br)c1cc(-c2ccco2)nc2ccccc12. The van der Waals surface area contributed by atoms with Crippen molar-refractivity contribution in [1.29, 1.82) is 0 Å². The van der Waals surface area contributed by atoms with E-state index in [9.17, 15) is 4.79 Å². The Kier molecular flexibility index (Phi) is 4.07. The third-order valence-corrected chi connectivity index (χ3v) is 4.55. The van der Waals surface area contributed by atoms with E-state index in [4.69, 9.17) is 4.42 Å². The highest BCUT2D eigenvalue weighted by Gasteiger charge is 2.15. The zero-order valence-electron chi connectivity index (χ0n) is 13.1. The number of hydrogen-bond donors (Lipinski definition) is 1. The van der Waals surface area contributed by atoms with Gasteiger partial charge < -0.3 is 9.73 Å². The van der Waals surface area contributed by atoms with Gasteiger partial charge in [-0.1, -0.05) is 30.3 Å². The molecule has 0 aliphatic rings. The van der Waals surface area contributed by atoms with Gasteiger partial charge in [0.1, 0.15) is 5.69 Å². The van der Waals surface area contributed by atoms with E-state index in [1.807, 2.05) is 54.6 Å². The predicted molar refractivity (Wildman–Crippen MR) is 102 cm³/mol. The van der Waals surface area contributed by atoms with Crippen molar-refractivity contribution in [2.45, 2.75) is 0 Å². The van der Waals surface area contributed by atoms with E-state index in [1.165, 1.54) is 0 Å². The van der Waals surface area contributed by atoms with Gasteiger partial charge in [0.2, 0.25) is 0 Å². The first-order valence-corrected chi connectivity index (χ1v) is 8.51. The van der Waals surface area contributed by atoms with Crippen LogP contribution in [0.5, 0.6) is 0 Å². The summed E-state index contributed by atoms with van der Waals surface area (Å²) in [6.45, 7) is 0. The monoisotopic (exact) mass is 392 g/mol. The Balaban J connectivity index is 1.82. The van der Waals surface area contributed by atoms with Gasteiger partial charge in [-0.2, -0.15) is 0 Å². The first-order valence-electron chi connectivity index (χ1n) is 7.72. The molecular weight excluding hydrogens is 380 g/mol. The Labute approximate surface area is 152 Å². The summed E-state index contributed by atoms with van der Waals surface area (Å²) in [5, 5.41) is 3.74. The number of halogens is 1. The number of rotatable bonds is 3. The highest BCUT2D eigenvalue weighted by molar-refractivity contribution is 9.10. The summed E-state index contributed by atoms with van der Waals surface area (Å²) < 4.78 is 6.27. The molecule has 4 aromatic rings. The van der Waals surface area contributed by atoms with Crippen LogP contribution in [-0.4, -0.2) is 10.9 Å². The van der Waals surface area contributed by atoms with Crippen LogP contribution < -0.4 is 5.32 Å². The first kappa shape index (κ1) is 15.6. The fourth-order valence-corrected chi connectivity index (χ4v) is 3.05. The molecule has 2 heterocycles. The maximum atomic E-state index is 12.9.